The van der Waals surface area contributed by atoms with Crippen LogP contribution in [0.1, 0.15) is 31.9 Å². The van der Waals surface area contributed by atoms with Gasteiger partial charge in [-0.25, -0.2) is 0 Å². The fraction of sp³-hybridized carbons (Fsp3) is 0.538. The highest BCUT2D eigenvalue weighted by Gasteiger charge is 2.10. The van der Waals surface area contributed by atoms with Gasteiger partial charge in [-0.2, -0.15) is 0 Å². The van der Waals surface area contributed by atoms with Gasteiger partial charge in [-0.1, -0.05) is 19.1 Å². The number of nitrogens with one attached hydrogen (secondary N) is 1. The van der Waals surface area contributed by atoms with E-state index in [1.165, 1.54) is 10.5 Å². The van der Waals surface area contributed by atoms with E-state index in [9.17, 15) is 0 Å². The van der Waals surface area contributed by atoms with Crippen LogP contribution in [0.15, 0.2) is 29.2 Å². The normalized spacial score (nSPS) is 14.8. The fourth-order valence-corrected chi connectivity index (χ4v) is 2.05. The number of aliphatic hydroxyl groups is 1. The Morgan fingerprint density at radius 3 is 2.38 bits per heavy atom. The summed E-state index contributed by atoms with van der Waals surface area (Å²) in [6.07, 6.45) is 3.03. The van der Waals surface area contributed by atoms with Crippen molar-refractivity contribution in [3.8, 4) is 0 Å². The molecule has 3 heteroatoms. The van der Waals surface area contributed by atoms with Crippen LogP contribution in [-0.4, -0.2) is 24.0 Å². The molecule has 1 aromatic rings. The Kier molecular flexibility index (Phi) is 5.88. The molecule has 0 heterocycles. The van der Waals surface area contributed by atoms with Gasteiger partial charge < -0.3 is 10.4 Å². The zero-order chi connectivity index (χ0) is 12.0. The second kappa shape index (κ2) is 6.94. The summed E-state index contributed by atoms with van der Waals surface area (Å²) < 4.78 is 0. The van der Waals surface area contributed by atoms with E-state index in [-0.39, 0.29) is 18.7 Å². The molecular weight excluding hydrogens is 218 g/mol. The molecule has 0 aliphatic carbocycles. The van der Waals surface area contributed by atoms with E-state index >= 15 is 0 Å². The van der Waals surface area contributed by atoms with E-state index in [0.29, 0.717) is 0 Å². The SMILES string of the molecule is CC[C@@H](CO)NC(C)c1ccc(SC)cc1. The van der Waals surface area contributed by atoms with Crippen molar-refractivity contribution in [1.29, 1.82) is 0 Å². The third kappa shape index (κ3) is 3.81. The smallest absolute Gasteiger partial charge is 0.0584 e. The first-order valence-electron chi connectivity index (χ1n) is 5.72. The Balaban J connectivity index is 2.61. The standard InChI is InChI=1S/C13H21NOS/c1-4-12(9-15)14-10(2)11-5-7-13(16-3)8-6-11/h5-8,10,12,14-15H,4,9H2,1-3H3/t10?,12-/m0/s1. The summed E-state index contributed by atoms with van der Waals surface area (Å²) in [6.45, 7) is 4.41. The fourth-order valence-electron chi connectivity index (χ4n) is 1.64. The van der Waals surface area contributed by atoms with E-state index < -0.39 is 0 Å². The number of aliphatic hydroxyl groups excluding tert-OH is 1. The van der Waals surface area contributed by atoms with Gasteiger partial charge in [0.05, 0.1) is 6.61 Å². The lowest BCUT2D eigenvalue weighted by atomic mass is 10.1. The summed E-state index contributed by atoms with van der Waals surface area (Å²) in [5.74, 6) is 0. The predicted octanol–water partition coefficient (Wildman–Crippen LogP) is 2.83. The largest absolute Gasteiger partial charge is 0.395 e. The summed E-state index contributed by atoms with van der Waals surface area (Å²) in [6, 6.07) is 9.04. The van der Waals surface area contributed by atoms with Crippen LogP contribution in [0.3, 0.4) is 0 Å². The molecule has 0 bridgehead atoms. The molecule has 0 aliphatic rings. The molecule has 0 radical (unpaired) electrons. The number of hydrogen-bond acceptors (Lipinski definition) is 3. The van der Waals surface area contributed by atoms with Gasteiger partial charge in [0.25, 0.3) is 0 Å². The van der Waals surface area contributed by atoms with Gasteiger partial charge in [-0.05, 0) is 37.3 Å². The molecule has 90 valence electrons. The minimum Gasteiger partial charge on any atom is -0.395 e. The van der Waals surface area contributed by atoms with Crippen LogP contribution < -0.4 is 5.32 Å². The van der Waals surface area contributed by atoms with Crippen molar-refractivity contribution in [3.05, 3.63) is 29.8 Å². The highest BCUT2D eigenvalue weighted by Crippen LogP contribution is 2.19. The zero-order valence-corrected chi connectivity index (χ0v) is 11.1. The van der Waals surface area contributed by atoms with Gasteiger partial charge >= 0.3 is 0 Å². The lowest BCUT2D eigenvalue weighted by molar-refractivity contribution is 0.230. The van der Waals surface area contributed by atoms with E-state index in [2.05, 4.69) is 49.7 Å². The molecule has 0 amide bonds. The monoisotopic (exact) mass is 239 g/mol. The minimum absolute atomic E-state index is 0.190. The van der Waals surface area contributed by atoms with Crippen LogP contribution in [-0.2, 0) is 0 Å². The van der Waals surface area contributed by atoms with E-state index in [0.717, 1.165) is 6.42 Å². The second-order valence-electron chi connectivity index (χ2n) is 3.95. The molecule has 0 aromatic heterocycles. The zero-order valence-electron chi connectivity index (χ0n) is 10.2. The van der Waals surface area contributed by atoms with E-state index in [4.69, 9.17) is 5.11 Å². The van der Waals surface area contributed by atoms with Crippen LogP contribution >= 0.6 is 11.8 Å². The quantitative estimate of drug-likeness (QED) is 0.749. The van der Waals surface area contributed by atoms with E-state index in [1.54, 1.807) is 11.8 Å². The van der Waals surface area contributed by atoms with Crippen molar-refractivity contribution in [3.63, 3.8) is 0 Å². The Morgan fingerprint density at radius 1 is 1.31 bits per heavy atom. The van der Waals surface area contributed by atoms with Crippen molar-refractivity contribution in [2.45, 2.75) is 37.2 Å². The third-order valence-corrected chi connectivity index (χ3v) is 3.56. The molecule has 0 spiro atoms. The lowest BCUT2D eigenvalue weighted by Crippen LogP contribution is -2.33. The molecule has 0 fully saturated rings. The van der Waals surface area contributed by atoms with Crippen LogP contribution in [0, 0.1) is 0 Å². The van der Waals surface area contributed by atoms with Crippen molar-refractivity contribution in [2.75, 3.05) is 12.9 Å². The van der Waals surface area contributed by atoms with Gasteiger partial charge in [0.2, 0.25) is 0 Å². The highest BCUT2D eigenvalue weighted by molar-refractivity contribution is 7.98. The summed E-state index contributed by atoms with van der Waals surface area (Å²) in [7, 11) is 0. The maximum Gasteiger partial charge on any atom is 0.0584 e. The minimum atomic E-state index is 0.190. The van der Waals surface area contributed by atoms with Gasteiger partial charge in [-0.3, -0.25) is 0 Å². The van der Waals surface area contributed by atoms with Crippen LogP contribution in [0.4, 0.5) is 0 Å². The Hall–Kier alpha value is -0.510. The maximum absolute atomic E-state index is 9.14. The summed E-state index contributed by atoms with van der Waals surface area (Å²) in [5.41, 5.74) is 1.27. The molecule has 0 saturated carbocycles. The molecule has 2 nitrogen and oxygen atoms in total. The number of benzene rings is 1. The molecule has 2 N–H and O–H groups in total. The predicted molar refractivity (Wildman–Crippen MR) is 70.9 cm³/mol. The van der Waals surface area contributed by atoms with Crippen LogP contribution in [0.5, 0.6) is 0 Å². The third-order valence-electron chi connectivity index (χ3n) is 2.81. The summed E-state index contributed by atoms with van der Waals surface area (Å²) in [4.78, 5) is 1.28. The average molecular weight is 239 g/mol. The Bertz CT molecular complexity index is 295. The van der Waals surface area contributed by atoms with Gasteiger partial charge in [0, 0.05) is 17.0 Å². The number of hydrogen-bond donors (Lipinski definition) is 2. The molecule has 1 rings (SSSR count). The molecule has 16 heavy (non-hydrogen) atoms. The number of thioether (sulfide) groups is 1. The van der Waals surface area contributed by atoms with Crippen LogP contribution in [0.25, 0.3) is 0 Å². The Labute approximate surface area is 102 Å². The van der Waals surface area contributed by atoms with Gasteiger partial charge in [-0.15, -0.1) is 11.8 Å². The van der Waals surface area contributed by atoms with E-state index in [1.807, 2.05) is 0 Å². The van der Waals surface area contributed by atoms with Crippen molar-refractivity contribution in [2.24, 2.45) is 0 Å². The molecule has 1 unspecified atom stereocenters. The molecule has 0 aliphatic heterocycles. The van der Waals surface area contributed by atoms with Crippen molar-refractivity contribution < 1.29 is 5.11 Å². The lowest BCUT2D eigenvalue weighted by Gasteiger charge is -2.20. The molecule has 1 aromatic carbocycles. The average Bonchev–Trinajstić information content (AvgIpc) is 2.35. The molecule has 2 atom stereocenters. The first-order chi connectivity index (χ1) is 7.71. The topological polar surface area (TPSA) is 32.3 Å². The van der Waals surface area contributed by atoms with Gasteiger partial charge in [0.1, 0.15) is 0 Å². The highest BCUT2D eigenvalue weighted by atomic mass is 32.2. The molecule has 0 saturated heterocycles. The number of rotatable bonds is 6. The Morgan fingerprint density at radius 2 is 1.94 bits per heavy atom. The first-order valence-corrected chi connectivity index (χ1v) is 6.94. The summed E-state index contributed by atoms with van der Waals surface area (Å²) in [5, 5.41) is 12.6. The van der Waals surface area contributed by atoms with Crippen molar-refractivity contribution >= 4 is 11.8 Å². The second-order valence-corrected chi connectivity index (χ2v) is 4.83. The van der Waals surface area contributed by atoms with Crippen LogP contribution in [0.2, 0.25) is 0 Å². The molecular formula is C13H21NOS. The van der Waals surface area contributed by atoms with Crippen molar-refractivity contribution in [1.82, 2.24) is 5.32 Å². The maximum atomic E-state index is 9.14. The first kappa shape index (κ1) is 13.6. The van der Waals surface area contributed by atoms with Gasteiger partial charge in [0.15, 0.2) is 0 Å². The summed E-state index contributed by atoms with van der Waals surface area (Å²) >= 11 is 1.75.